The smallest absolute Gasteiger partial charge is 0.272 e. The monoisotopic (exact) mass is 386 g/mol. The number of morpholine rings is 1. The molecule has 1 atom stereocenters. The van der Waals surface area contributed by atoms with Crippen LogP contribution in [0.25, 0.3) is 5.65 Å². The lowest BCUT2D eigenvalue weighted by molar-refractivity contribution is -0.0293. The van der Waals surface area contributed by atoms with Gasteiger partial charge in [-0.15, -0.1) is 5.10 Å². The third-order valence-corrected chi connectivity index (χ3v) is 4.66. The number of rotatable bonds is 5. The van der Waals surface area contributed by atoms with Gasteiger partial charge in [-0.2, -0.15) is 5.10 Å². The summed E-state index contributed by atoms with van der Waals surface area (Å²) >= 11 is 0. The van der Waals surface area contributed by atoms with Crippen molar-refractivity contribution in [3.63, 3.8) is 0 Å². The minimum atomic E-state index is -0.397. The van der Waals surface area contributed by atoms with Gasteiger partial charge >= 0.3 is 0 Å². The molecule has 0 N–H and O–H groups in total. The molecule has 0 bridgehead atoms. The van der Waals surface area contributed by atoms with E-state index >= 15 is 0 Å². The number of tetrazole rings is 1. The molecule has 1 saturated heterocycles. The fourth-order valence-corrected chi connectivity index (χ4v) is 3.28. The minimum absolute atomic E-state index is 0.145. The number of carbonyl (C=O) groups excluding carboxylic acids is 1. The van der Waals surface area contributed by atoms with Crippen LogP contribution in [0.2, 0.25) is 0 Å². The van der Waals surface area contributed by atoms with Crippen molar-refractivity contribution in [3.8, 4) is 0 Å². The second-order valence-corrected chi connectivity index (χ2v) is 6.70. The van der Waals surface area contributed by atoms with Crippen molar-refractivity contribution in [2.75, 3.05) is 33.4 Å². The molecule has 1 aliphatic rings. The fraction of sp³-hybridized carbons (Fsp3) is 0.529. The highest BCUT2D eigenvalue weighted by atomic mass is 16.5. The Kier molecular flexibility index (Phi) is 5.01. The first-order chi connectivity index (χ1) is 13.6. The number of fused-ring (bicyclic) bond motifs is 1. The van der Waals surface area contributed by atoms with E-state index in [4.69, 9.17) is 9.47 Å². The molecule has 0 saturated carbocycles. The van der Waals surface area contributed by atoms with Gasteiger partial charge < -0.3 is 14.4 Å². The van der Waals surface area contributed by atoms with Crippen molar-refractivity contribution in [2.24, 2.45) is 0 Å². The Morgan fingerprint density at radius 2 is 2.21 bits per heavy atom. The van der Waals surface area contributed by atoms with Gasteiger partial charge in [-0.25, -0.2) is 14.2 Å². The molecule has 0 aliphatic carbocycles. The Labute approximate surface area is 161 Å². The molecule has 0 spiro atoms. The molecular weight excluding hydrogens is 364 g/mol. The van der Waals surface area contributed by atoms with Crippen LogP contribution in [0.5, 0.6) is 0 Å². The minimum Gasteiger partial charge on any atom is -0.383 e. The summed E-state index contributed by atoms with van der Waals surface area (Å²) in [7, 11) is 1.62. The number of aryl methyl sites for hydroxylation is 2. The van der Waals surface area contributed by atoms with Gasteiger partial charge in [0.1, 0.15) is 11.8 Å². The molecule has 1 amide bonds. The van der Waals surface area contributed by atoms with Crippen LogP contribution in [0.1, 0.15) is 33.8 Å². The summed E-state index contributed by atoms with van der Waals surface area (Å²) in [6.45, 7) is 6.06. The van der Waals surface area contributed by atoms with Gasteiger partial charge in [-0.3, -0.25) is 4.79 Å². The van der Waals surface area contributed by atoms with Crippen molar-refractivity contribution in [1.29, 1.82) is 0 Å². The molecule has 1 aliphatic heterocycles. The molecule has 0 radical (unpaired) electrons. The van der Waals surface area contributed by atoms with Crippen molar-refractivity contribution < 1.29 is 14.3 Å². The van der Waals surface area contributed by atoms with E-state index in [-0.39, 0.29) is 5.91 Å². The van der Waals surface area contributed by atoms with Crippen molar-refractivity contribution in [1.82, 2.24) is 39.7 Å². The number of aromatic nitrogens is 7. The number of nitrogens with zero attached hydrogens (tertiary/aromatic N) is 8. The molecule has 1 unspecified atom stereocenters. The largest absolute Gasteiger partial charge is 0.383 e. The molecule has 148 valence electrons. The van der Waals surface area contributed by atoms with E-state index in [9.17, 15) is 4.79 Å². The summed E-state index contributed by atoms with van der Waals surface area (Å²) in [4.78, 5) is 19.3. The van der Waals surface area contributed by atoms with E-state index in [1.807, 2.05) is 19.9 Å². The Morgan fingerprint density at radius 1 is 1.36 bits per heavy atom. The second kappa shape index (κ2) is 7.60. The van der Waals surface area contributed by atoms with Crippen molar-refractivity contribution in [3.05, 3.63) is 35.0 Å². The zero-order valence-corrected chi connectivity index (χ0v) is 16.1. The zero-order chi connectivity index (χ0) is 19.7. The van der Waals surface area contributed by atoms with Crippen LogP contribution in [-0.2, 0) is 16.0 Å². The van der Waals surface area contributed by atoms with Crippen LogP contribution >= 0.6 is 0 Å². The molecule has 3 aromatic rings. The first-order valence-corrected chi connectivity index (χ1v) is 9.06. The van der Waals surface area contributed by atoms with E-state index in [1.165, 1.54) is 0 Å². The van der Waals surface area contributed by atoms with Crippen LogP contribution in [0.15, 0.2) is 12.1 Å². The normalized spacial score (nSPS) is 17.4. The predicted molar refractivity (Wildman–Crippen MR) is 96.8 cm³/mol. The molecule has 3 aromatic heterocycles. The average molecular weight is 386 g/mol. The maximum atomic E-state index is 13.1. The maximum Gasteiger partial charge on any atom is 0.272 e. The highest BCUT2D eigenvalue weighted by Gasteiger charge is 2.30. The number of hydrogen-bond acceptors (Lipinski definition) is 8. The van der Waals surface area contributed by atoms with Gasteiger partial charge in [0.25, 0.3) is 5.91 Å². The Bertz CT molecular complexity index is 998. The van der Waals surface area contributed by atoms with Crippen LogP contribution in [0, 0.1) is 13.8 Å². The molecule has 11 nitrogen and oxygen atoms in total. The van der Waals surface area contributed by atoms with Gasteiger partial charge in [0.2, 0.25) is 0 Å². The highest BCUT2D eigenvalue weighted by molar-refractivity contribution is 5.93. The summed E-state index contributed by atoms with van der Waals surface area (Å²) in [6, 6.07) is 3.62. The predicted octanol–water partition coefficient (Wildman–Crippen LogP) is 0.193. The number of ether oxygens (including phenoxy) is 2. The maximum absolute atomic E-state index is 13.1. The van der Waals surface area contributed by atoms with Crippen LogP contribution in [0.4, 0.5) is 0 Å². The summed E-state index contributed by atoms with van der Waals surface area (Å²) in [5, 5.41) is 16.2. The van der Waals surface area contributed by atoms with E-state index in [1.54, 1.807) is 27.3 Å². The van der Waals surface area contributed by atoms with E-state index < -0.39 is 6.10 Å². The SMILES string of the molecule is COCCn1nnnc1C1CN(C(=O)c2cc(C)n3nc(C)cc3n2)CCO1. The summed E-state index contributed by atoms with van der Waals surface area (Å²) in [5.41, 5.74) is 2.77. The first-order valence-electron chi connectivity index (χ1n) is 9.06. The molecule has 1 fully saturated rings. The lowest BCUT2D eigenvalue weighted by Gasteiger charge is -2.32. The summed E-state index contributed by atoms with van der Waals surface area (Å²) < 4.78 is 14.3. The standard InChI is InChI=1S/C17H22N8O3/c1-11-8-15-18-13(9-12(2)25(15)20-11)17(26)23-4-7-28-14(10-23)16-19-21-22-24(16)5-6-27-3/h8-9,14H,4-7,10H2,1-3H3. The topological polar surface area (TPSA) is 113 Å². The molecular formula is C17H22N8O3. The summed E-state index contributed by atoms with van der Waals surface area (Å²) in [5.74, 6) is 0.439. The van der Waals surface area contributed by atoms with Gasteiger partial charge in [-0.05, 0) is 30.3 Å². The molecule has 0 aromatic carbocycles. The Morgan fingerprint density at radius 3 is 3.04 bits per heavy atom. The van der Waals surface area contributed by atoms with Gasteiger partial charge in [-0.1, -0.05) is 0 Å². The van der Waals surface area contributed by atoms with E-state index in [2.05, 4.69) is 25.6 Å². The van der Waals surface area contributed by atoms with Gasteiger partial charge in [0, 0.05) is 25.4 Å². The number of amides is 1. The third-order valence-electron chi connectivity index (χ3n) is 4.66. The van der Waals surface area contributed by atoms with E-state index in [0.717, 1.165) is 11.4 Å². The second-order valence-electron chi connectivity index (χ2n) is 6.70. The molecule has 4 heterocycles. The lowest BCUT2D eigenvalue weighted by Crippen LogP contribution is -2.43. The highest BCUT2D eigenvalue weighted by Crippen LogP contribution is 2.21. The summed E-state index contributed by atoms with van der Waals surface area (Å²) in [6.07, 6.45) is -0.397. The number of methoxy groups -OCH3 is 1. The van der Waals surface area contributed by atoms with E-state index in [0.29, 0.717) is 50.0 Å². The average Bonchev–Trinajstić information content (AvgIpc) is 3.31. The quantitative estimate of drug-likeness (QED) is 0.611. The lowest BCUT2D eigenvalue weighted by atomic mass is 10.2. The Balaban J connectivity index is 1.55. The van der Waals surface area contributed by atoms with Gasteiger partial charge in [0.05, 0.1) is 32.0 Å². The molecule has 11 heteroatoms. The third kappa shape index (κ3) is 3.45. The van der Waals surface area contributed by atoms with Crippen LogP contribution < -0.4 is 0 Å². The fourth-order valence-electron chi connectivity index (χ4n) is 3.28. The zero-order valence-electron chi connectivity index (χ0n) is 16.1. The van der Waals surface area contributed by atoms with Crippen LogP contribution in [-0.4, -0.2) is 79.0 Å². The van der Waals surface area contributed by atoms with Crippen molar-refractivity contribution in [2.45, 2.75) is 26.5 Å². The van der Waals surface area contributed by atoms with Crippen molar-refractivity contribution >= 4 is 11.6 Å². The first kappa shape index (κ1) is 18.4. The van der Waals surface area contributed by atoms with Crippen LogP contribution in [0.3, 0.4) is 0 Å². The molecule has 4 rings (SSSR count). The van der Waals surface area contributed by atoms with Gasteiger partial charge in [0.15, 0.2) is 11.5 Å². The Hall–Kier alpha value is -2.92. The number of carbonyl (C=O) groups is 1. The molecule has 28 heavy (non-hydrogen) atoms. The number of hydrogen-bond donors (Lipinski definition) is 0.